The number of pyridine rings is 1. The van der Waals surface area contributed by atoms with Crippen molar-refractivity contribution in [1.82, 2.24) is 4.98 Å². The third-order valence-electron chi connectivity index (χ3n) is 3.75. The van der Waals surface area contributed by atoms with Crippen LogP contribution in [-0.2, 0) is 21.0 Å². The van der Waals surface area contributed by atoms with Crippen molar-refractivity contribution in [3.05, 3.63) is 23.9 Å². The van der Waals surface area contributed by atoms with Crippen molar-refractivity contribution in [3.8, 4) is 0 Å². The molecule has 1 aliphatic heterocycles. The van der Waals surface area contributed by atoms with Gasteiger partial charge in [-0.2, -0.15) is 0 Å². The lowest BCUT2D eigenvalue weighted by atomic mass is 9.96. The van der Waals surface area contributed by atoms with Crippen LogP contribution < -0.4 is 0 Å². The smallest absolute Gasteiger partial charge is 0.195 e. The quantitative estimate of drug-likeness (QED) is 0.838. The van der Waals surface area contributed by atoms with Crippen LogP contribution in [0.4, 0.5) is 0 Å². The topological polar surface area (TPSA) is 56.3 Å². The molecular formula is C15H23NO3S. The van der Waals surface area contributed by atoms with Crippen LogP contribution in [0.5, 0.6) is 0 Å². The summed E-state index contributed by atoms with van der Waals surface area (Å²) in [6.45, 7) is 6.73. The van der Waals surface area contributed by atoms with Gasteiger partial charge in [-0.1, -0.05) is 13.0 Å². The van der Waals surface area contributed by atoms with Crippen LogP contribution in [0, 0.1) is 5.92 Å². The average Bonchev–Trinajstić information content (AvgIpc) is 2.76. The van der Waals surface area contributed by atoms with E-state index in [9.17, 15) is 8.42 Å². The van der Waals surface area contributed by atoms with Crippen LogP contribution in [0.25, 0.3) is 0 Å². The number of aryl methyl sites for hydroxylation is 1. The number of rotatable bonds is 5. The summed E-state index contributed by atoms with van der Waals surface area (Å²) in [4.78, 5) is 4.22. The van der Waals surface area contributed by atoms with Crippen molar-refractivity contribution in [2.75, 3.05) is 12.4 Å². The minimum atomic E-state index is -3.28. The molecule has 1 aromatic rings. The molecule has 112 valence electrons. The van der Waals surface area contributed by atoms with E-state index in [0.29, 0.717) is 18.9 Å². The first-order valence-electron chi connectivity index (χ1n) is 7.15. The molecule has 0 spiro atoms. The zero-order chi connectivity index (χ0) is 14.8. The third-order valence-corrected chi connectivity index (χ3v) is 5.38. The Balaban J connectivity index is 2.01. The summed E-state index contributed by atoms with van der Waals surface area (Å²) in [7, 11) is -3.28. The second kappa shape index (κ2) is 5.82. The van der Waals surface area contributed by atoms with Gasteiger partial charge in [0.1, 0.15) is 0 Å². The fourth-order valence-electron chi connectivity index (χ4n) is 2.60. The van der Waals surface area contributed by atoms with Crippen LogP contribution >= 0.6 is 0 Å². The van der Waals surface area contributed by atoms with Crippen LogP contribution in [-0.4, -0.2) is 31.4 Å². The molecule has 0 bridgehead atoms. The van der Waals surface area contributed by atoms with Crippen LogP contribution in [0.15, 0.2) is 23.2 Å². The Hall–Kier alpha value is -0.940. The lowest BCUT2D eigenvalue weighted by molar-refractivity contribution is 0.0350. The molecule has 1 aliphatic rings. The number of sulfone groups is 1. The summed E-state index contributed by atoms with van der Waals surface area (Å²) in [6.07, 6.45) is 2.31. The number of hydrogen-bond donors (Lipinski definition) is 0. The first-order valence-corrected chi connectivity index (χ1v) is 8.80. The van der Waals surface area contributed by atoms with Gasteiger partial charge < -0.3 is 4.74 Å². The summed E-state index contributed by atoms with van der Waals surface area (Å²) < 4.78 is 30.3. The predicted molar refractivity (Wildman–Crippen MR) is 78.4 cm³/mol. The van der Waals surface area contributed by atoms with Gasteiger partial charge in [0.15, 0.2) is 14.9 Å². The maximum atomic E-state index is 12.3. The summed E-state index contributed by atoms with van der Waals surface area (Å²) in [5.74, 6) is 0.478. The van der Waals surface area contributed by atoms with E-state index in [0.717, 1.165) is 18.5 Å². The molecule has 0 radical (unpaired) electrons. The molecule has 0 aliphatic carbocycles. The van der Waals surface area contributed by atoms with Gasteiger partial charge in [-0.15, -0.1) is 0 Å². The number of hydrogen-bond acceptors (Lipinski definition) is 4. The maximum absolute atomic E-state index is 12.3. The predicted octanol–water partition coefficient (Wildman–Crippen LogP) is 2.62. The Kier molecular flexibility index (Phi) is 4.49. The van der Waals surface area contributed by atoms with Gasteiger partial charge in [0.05, 0.1) is 18.0 Å². The second-order valence-corrected chi connectivity index (χ2v) is 8.13. The molecular weight excluding hydrogens is 274 g/mol. The summed E-state index contributed by atoms with van der Waals surface area (Å²) in [6, 6.07) is 5.20. The highest BCUT2D eigenvalue weighted by Gasteiger charge is 2.32. The number of aromatic nitrogens is 1. The second-order valence-electron chi connectivity index (χ2n) is 6.07. The minimum absolute atomic E-state index is 0.116. The molecule has 4 nitrogen and oxygen atoms in total. The summed E-state index contributed by atoms with van der Waals surface area (Å²) in [5, 5.41) is 0.204. The Morgan fingerprint density at radius 3 is 2.75 bits per heavy atom. The summed E-state index contributed by atoms with van der Waals surface area (Å²) in [5.41, 5.74) is 0.700. The molecule has 0 N–H and O–H groups in total. The van der Waals surface area contributed by atoms with Gasteiger partial charge in [0, 0.05) is 5.69 Å². The standard InChI is InChI=1S/C15H23NO3S/c1-4-13-6-5-7-14(16-13)20(17,18)9-8-12-10-15(2,3)19-11-12/h5-7,12H,4,8-11H2,1-3H3. The van der Waals surface area contributed by atoms with Crippen molar-refractivity contribution < 1.29 is 13.2 Å². The fraction of sp³-hybridized carbons (Fsp3) is 0.667. The highest BCUT2D eigenvalue weighted by molar-refractivity contribution is 7.91. The zero-order valence-corrected chi connectivity index (χ0v) is 13.2. The Morgan fingerprint density at radius 1 is 1.40 bits per heavy atom. The average molecular weight is 297 g/mol. The normalized spacial score (nSPS) is 22.1. The fourth-order valence-corrected chi connectivity index (χ4v) is 3.99. The van der Waals surface area contributed by atoms with Crippen molar-refractivity contribution in [2.45, 2.75) is 50.7 Å². The Bertz CT molecular complexity index is 566. The van der Waals surface area contributed by atoms with E-state index >= 15 is 0 Å². The summed E-state index contributed by atoms with van der Waals surface area (Å²) >= 11 is 0. The molecule has 1 fully saturated rings. The van der Waals surface area contributed by atoms with Gasteiger partial charge >= 0.3 is 0 Å². The minimum Gasteiger partial charge on any atom is -0.375 e. The monoisotopic (exact) mass is 297 g/mol. The lowest BCUT2D eigenvalue weighted by Gasteiger charge is -2.15. The van der Waals surface area contributed by atoms with E-state index in [1.54, 1.807) is 12.1 Å². The largest absolute Gasteiger partial charge is 0.375 e. The highest BCUT2D eigenvalue weighted by atomic mass is 32.2. The molecule has 1 aromatic heterocycles. The van der Waals surface area contributed by atoms with Gasteiger partial charge in [-0.3, -0.25) is 0 Å². The first kappa shape index (κ1) is 15.4. The van der Waals surface area contributed by atoms with Crippen molar-refractivity contribution >= 4 is 9.84 Å². The van der Waals surface area contributed by atoms with Crippen molar-refractivity contribution in [3.63, 3.8) is 0 Å². The Morgan fingerprint density at radius 2 is 2.15 bits per heavy atom. The highest BCUT2D eigenvalue weighted by Crippen LogP contribution is 2.31. The van der Waals surface area contributed by atoms with Crippen LogP contribution in [0.1, 0.15) is 39.3 Å². The number of nitrogens with zero attached hydrogens (tertiary/aromatic N) is 1. The molecule has 5 heteroatoms. The van der Waals surface area contributed by atoms with E-state index in [2.05, 4.69) is 4.98 Å². The van der Waals surface area contributed by atoms with Crippen molar-refractivity contribution in [2.24, 2.45) is 5.92 Å². The van der Waals surface area contributed by atoms with Crippen LogP contribution in [0.2, 0.25) is 0 Å². The third kappa shape index (κ3) is 3.79. The van der Waals surface area contributed by atoms with E-state index < -0.39 is 9.84 Å². The van der Waals surface area contributed by atoms with E-state index in [1.165, 1.54) is 0 Å². The molecule has 0 saturated carbocycles. The van der Waals surface area contributed by atoms with Crippen LogP contribution in [0.3, 0.4) is 0 Å². The van der Waals surface area contributed by atoms with E-state index in [-0.39, 0.29) is 16.4 Å². The molecule has 2 rings (SSSR count). The van der Waals surface area contributed by atoms with Gasteiger partial charge in [0.25, 0.3) is 0 Å². The molecule has 0 aromatic carbocycles. The van der Waals surface area contributed by atoms with Gasteiger partial charge in [-0.05, 0) is 51.2 Å². The maximum Gasteiger partial charge on any atom is 0.195 e. The van der Waals surface area contributed by atoms with Crippen molar-refractivity contribution in [1.29, 1.82) is 0 Å². The first-order chi connectivity index (χ1) is 9.32. The van der Waals surface area contributed by atoms with Gasteiger partial charge in [0.2, 0.25) is 0 Å². The van der Waals surface area contributed by atoms with E-state index in [4.69, 9.17) is 4.74 Å². The molecule has 20 heavy (non-hydrogen) atoms. The Labute approximate surface area is 121 Å². The molecule has 1 unspecified atom stereocenters. The van der Waals surface area contributed by atoms with Gasteiger partial charge in [-0.25, -0.2) is 13.4 Å². The number of ether oxygens (including phenoxy) is 1. The molecule has 0 amide bonds. The zero-order valence-electron chi connectivity index (χ0n) is 12.4. The SMILES string of the molecule is CCc1cccc(S(=O)(=O)CCC2COC(C)(C)C2)n1. The van der Waals surface area contributed by atoms with E-state index in [1.807, 2.05) is 26.8 Å². The molecule has 1 atom stereocenters. The molecule has 2 heterocycles. The lowest BCUT2D eigenvalue weighted by Crippen LogP contribution is -2.17. The molecule has 1 saturated heterocycles.